The second-order valence-electron chi connectivity index (χ2n) is 2.80. The molecule has 1 aliphatic carbocycles. The van der Waals surface area contributed by atoms with E-state index in [9.17, 15) is 4.79 Å². The standard InChI is InChI=1S/C8H12O2/c1-6(8(9)10)7-4-2-3-5-7/h2,4,6-7H,3,5H2,1H3,(H,9,10)/t6-,7+/m0/s1. The number of carbonyl (C=O) groups is 1. The summed E-state index contributed by atoms with van der Waals surface area (Å²) >= 11 is 0. The van der Waals surface area contributed by atoms with E-state index in [0.29, 0.717) is 0 Å². The van der Waals surface area contributed by atoms with Crippen LogP contribution < -0.4 is 0 Å². The van der Waals surface area contributed by atoms with Gasteiger partial charge < -0.3 is 5.11 Å². The first-order chi connectivity index (χ1) is 4.72. The molecule has 0 spiro atoms. The highest BCUT2D eigenvalue weighted by atomic mass is 16.4. The van der Waals surface area contributed by atoms with Crippen molar-refractivity contribution < 1.29 is 9.90 Å². The number of carboxylic acid groups (broad SMARTS) is 1. The fraction of sp³-hybridized carbons (Fsp3) is 0.625. The Balaban J connectivity index is 2.48. The Morgan fingerprint density at radius 3 is 2.90 bits per heavy atom. The molecule has 0 aromatic carbocycles. The molecule has 0 aliphatic heterocycles. The first-order valence-corrected chi connectivity index (χ1v) is 3.61. The lowest BCUT2D eigenvalue weighted by molar-refractivity contribution is -0.142. The van der Waals surface area contributed by atoms with Gasteiger partial charge in [0.1, 0.15) is 0 Å². The van der Waals surface area contributed by atoms with Crippen LogP contribution in [0.4, 0.5) is 0 Å². The molecule has 0 unspecified atom stereocenters. The lowest BCUT2D eigenvalue weighted by Gasteiger charge is -2.11. The van der Waals surface area contributed by atoms with E-state index in [1.165, 1.54) is 0 Å². The highest BCUT2D eigenvalue weighted by Crippen LogP contribution is 2.24. The van der Waals surface area contributed by atoms with Crippen LogP contribution in [0.2, 0.25) is 0 Å². The molecule has 0 radical (unpaired) electrons. The van der Waals surface area contributed by atoms with Crippen LogP contribution in [0, 0.1) is 11.8 Å². The lowest BCUT2D eigenvalue weighted by Crippen LogP contribution is -2.17. The maximum absolute atomic E-state index is 10.5. The van der Waals surface area contributed by atoms with Crippen LogP contribution in [0.5, 0.6) is 0 Å². The third kappa shape index (κ3) is 1.38. The fourth-order valence-electron chi connectivity index (χ4n) is 1.26. The van der Waals surface area contributed by atoms with E-state index in [-0.39, 0.29) is 11.8 Å². The Bertz CT molecular complexity index is 161. The molecule has 2 nitrogen and oxygen atoms in total. The highest BCUT2D eigenvalue weighted by Gasteiger charge is 2.22. The third-order valence-corrected chi connectivity index (χ3v) is 2.08. The van der Waals surface area contributed by atoms with Gasteiger partial charge in [-0.1, -0.05) is 19.1 Å². The summed E-state index contributed by atoms with van der Waals surface area (Å²) in [4.78, 5) is 10.5. The molecule has 0 saturated carbocycles. The van der Waals surface area contributed by atoms with Crippen molar-refractivity contribution in [3.8, 4) is 0 Å². The molecular weight excluding hydrogens is 128 g/mol. The Morgan fingerprint density at radius 2 is 2.50 bits per heavy atom. The van der Waals surface area contributed by atoms with Crippen molar-refractivity contribution >= 4 is 5.97 Å². The van der Waals surface area contributed by atoms with Crippen LogP contribution in [0.3, 0.4) is 0 Å². The highest BCUT2D eigenvalue weighted by molar-refractivity contribution is 5.70. The second-order valence-corrected chi connectivity index (χ2v) is 2.80. The van der Waals surface area contributed by atoms with Gasteiger partial charge in [-0.25, -0.2) is 0 Å². The maximum atomic E-state index is 10.5. The average molecular weight is 140 g/mol. The van der Waals surface area contributed by atoms with Gasteiger partial charge in [0.15, 0.2) is 0 Å². The molecule has 0 aromatic rings. The van der Waals surface area contributed by atoms with Crippen molar-refractivity contribution in [3.63, 3.8) is 0 Å². The van der Waals surface area contributed by atoms with Crippen molar-refractivity contribution in [2.45, 2.75) is 19.8 Å². The Morgan fingerprint density at radius 1 is 1.80 bits per heavy atom. The number of allylic oxidation sites excluding steroid dienone is 2. The summed E-state index contributed by atoms with van der Waals surface area (Å²) in [6, 6.07) is 0. The van der Waals surface area contributed by atoms with Crippen LogP contribution in [0.15, 0.2) is 12.2 Å². The Kier molecular flexibility index (Phi) is 2.10. The number of aliphatic carboxylic acids is 1. The minimum absolute atomic E-state index is 0.209. The zero-order valence-corrected chi connectivity index (χ0v) is 6.08. The molecule has 1 aliphatic rings. The van der Waals surface area contributed by atoms with Crippen molar-refractivity contribution in [1.29, 1.82) is 0 Å². The molecule has 10 heavy (non-hydrogen) atoms. The zero-order valence-electron chi connectivity index (χ0n) is 6.08. The summed E-state index contributed by atoms with van der Waals surface area (Å²) in [7, 11) is 0. The monoisotopic (exact) mass is 140 g/mol. The van der Waals surface area contributed by atoms with E-state index in [1.54, 1.807) is 6.92 Å². The predicted octanol–water partition coefficient (Wildman–Crippen LogP) is 1.67. The van der Waals surface area contributed by atoms with Crippen LogP contribution in [-0.4, -0.2) is 11.1 Å². The molecule has 0 fully saturated rings. The molecule has 1 rings (SSSR count). The largest absolute Gasteiger partial charge is 0.481 e. The Labute approximate surface area is 60.6 Å². The van der Waals surface area contributed by atoms with E-state index in [4.69, 9.17) is 5.11 Å². The maximum Gasteiger partial charge on any atom is 0.306 e. The van der Waals surface area contributed by atoms with Gasteiger partial charge in [-0.15, -0.1) is 0 Å². The van der Waals surface area contributed by atoms with Gasteiger partial charge in [0.2, 0.25) is 0 Å². The van der Waals surface area contributed by atoms with Gasteiger partial charge in [-0.2, -0.15) is 0 Å². The molecule has 1 N–H and O–H groups in total. The first-order valence-electron chi connectivity index (χ1n) is 3.61. The third-order valence-electron chi connectivity index (χ3n) is 2.08. The minimum atomic E-state index is -0.684. The topological polar surface area (TPSA) is 37.3 Å². The fourth-order valence-corrected chi connectivity index (χ4v) is 1.26. The van der Waals surface area contributed by atoms with E-state index >= 15 is 0 Å². The number of hydrogen-bond donors (Lipinski definition) is 1. The van der Waals surface area contributed by atoms with Crippen LogP contribution in [-0.2, 0) is 4.79 Å². The number of rotatable bonds is 2. The van der Waals surface area contributed by atoms with E-state index in [0.717, 1.165) is 12.8 Å². The van der Waals surface area contributed by atoms with Crippen molar-refractivity contribution in [2.24, 2.45) is 11.8 Å². The predicted molar refractivity (Wildman–Crippen MR) is 38.7 cm³/mol. The van der Waals surface area contributed by atoms with E-state index < -0.39 is 5.97 Å². The van der Waals surface area contributed by atoms with Crippen molar-refractivity contribution in [1.82, 2.24) is 0 Å². The normalized spacial score (nSPS) is 26.7. The summed E-state index contributed by atoms with van der Waals surface area (Å²) < 4.78 is 0. The molecule has 0 amide bonds. The summed E-state index contributed by atoms with van der Waals surface area (Å²) in [5.74, 6) is -0.618. The minimum Gasteiger partial charge on any atom is -0.481 e. The van der Waals surface area contributed by atoms with Gasteiger partial charge in [-0.05, 0) is 18.8 Å². The summed E-state index contributed by atoms with van der Waals surface area (Å²) in [5.41, 5.74) is 0. The van der Waals surface area contributed by atoms with E-state index in [2.05, 4.69) is 6.08 Å². The lowest BCUT2D eigenvalue weighted by atomic mass is 9.94. The second kappa shape index (κ2) is 2.86. The first kappa shape index (κ1) is 7.32. The molecule has 0 heterocycles. The molecule has 2 heteroatoms. The van der Waals surface area contributed by atoms with Gasteiger partial charge in [0.25, 0.3) is 0 Å². The van der Waals surface area contributed by atoms with Gasteiger partial charge in [0, 0.05) is 0 Å². The van der Waals surface area contributed by atoms with Crippen LogP contribution in [0.25, 0.3) is 0 Å². The molecule has 0 bridgehead atoms. The average Bonchev–Trinajstić information content (AvgIpc) is 2.36. The summed E-state index contributed by atoms with van der Waals surface area (Å²) in [6.45, 7) is 1.77. The molecule has 56 valence electrons. The molecular formula is C8H12O2. The number of hydrogen-bond acceptors (Lipinski definition) is 1. The van der Waals surface area contributed by atoms with Crippen molar-refractivity contribution in [2.75, 3.05) is 0 Å². The Hall–Kier alpha value is -0.790. The SMILES string of the molecule is C[C@H](C(=O)O)[C@@H]1C=CCC1. The van der Waals surface area contributed by atoms with Crippen LogP contribution >= 0.6 is 0 Å². The number of carboxylic acids is 1. The van der Waals surface area contributed by atoms with Crippen LogP contribution in [0.1, 0.15) is 19.8 Å². The van der Waals surface area contributed by atoms with Gasteiger partial charge >= 0.3 is 5.97 Å². The summed E-state index contributed by atoms with van der Waals surface area (Å²) in [6.07, 6.45) is 6.12. The van der Waals surface area contributed by atoms with Gasteiger partial charge in [-0.3, -0.25) is 4.79 Å². The molecule has 0 aromatic heterocycles. The smallest absolute Gasteiger partial charge is 0.306 e. The summed E-state index contributed by atoms with van der Waals surface area (Å²) in [5, 5.41) is 8.61. The zero-order chi connectivity index (χ0) is 7.56. The molecule has 0 saturated heterocycles. The van der Waals surface area contributed by atoms with Crippen molar-refractivity contribution in [3.05, 3.63) is 12.2 Å². The van der Waals surface area contributed by atoms with Gasteiger partial charge in [0.05, 0.1) is 5.92 Å². The van der Waals surface area contributed by atoms with E-state index in [1.807, 2.05) is 6.08 Å². The quantitative estimate of drug-likeness (QED) is 0.592. The molecule has 2 atom stereocenters.